The fraction of sp³-hybridized carbons (Fsp3) is 0.200. The first-order valence-corrected chi connectivity index (χ1v) is 14.4. The SMILES string of the molecule is O=S(=O)(O)Cc1cc(S(=O)(=O)c2ccc(Cl)c(CSOOO)c2)cc(CS(=O)(=O)O)c1Cl. The van der Waals surface area contributed by atoms with Gasteiger partial charge < -0.3 is 0 Å². The predicted molar refractivity (Wildman–Crippen MR) is 115 cm³/mol. The van der Waals surface area contributed by atoms with Gasteiger partial charge in [0.2, 0.25) is 9.84 Å². The Morgan fingerprint density at radius 2 is 1.31 bits per heavy atom. The number of sulfone groups is 1. The van der Waals surface area contributed by atoms with Crippen LogP contribution in [0.2, 0.25) is 10.0 Å². The molecule has 0 heterocycles. The van der Waals surface area contributed by atoms with E-state index in [1.54, 1.807) is 0 Å². The Morgan fingerprint density at radius 1 is 0.812 bits per heavy atom. The van der Waals surface area contributed by atoms with E-state index in [9.17, 15) is 25.3 Å². The molecule has 32 heavy (non-hydrogen) atoms. The highest BCUT2D eigenvalue weighted by atomic mass is 35.5. The number of rotatable bonds is 10. The Bertz CT molecular complexity index is 1270. The minimum Gasteiger partial charge on any atom is -0.285 e. The molecule has 0 aliphatic carbocycles. The summed E-state index contributed by atoms with van der Waals surface area (Å²) in [7, 11) is -13.7. The highest BCUT2D eigenvalue weighted by Gasteiger charge is 2.25. The Labute approximate surface area is 197 Å². The van der Waals surface area contributed by atoms with E-state index in [0.717, 1.165) is 18.2 Å². The van der Waals surface area contributed by atoms with E-state index in [4.69, 9.17) is 37.6 Å². The van der Waals surface area contributed by atoms with E-state index in [1.165, 1.54) is 12.1 Å². The molecule has 0 atom stereocenters. The summed E-state index contributed by atoms with van der Waals surface area (Å²) in [4.78, 5) is -0.851. The molecule has 11 nitrogen and oxygen atoms in total. The number of hydrogen-bond donors (Lipinski definition) is 3. The molecular formula is C15H14Cl2O11S4. The van der Waals surface area contributed by atoms with E-state index in [1.807, 2.05) is 0 Å². The van der Waals surface area contributed by atoms with Crippen LogP contribution in [-0.4, -0.2) is 39.6 Å². The second kappa shape index (κ2) is 10.5. The van der Waals surface area contributed by atoms with E-state index in [-0.39, 0.29) is 21.2 Å². The lowest BCUT2D eigenvalue weighted by atomic mass is 10.1. The van der Waals surface area contributed by atoms with Gasteiger partial charge in [0.15, 0.2) is 0 Å². The summed E-state index contributed by atoms with van der Waals surface area (Å²) >= 11 is 12.6. The monoisotopic (exact) mass is 568 g/mol. The normalized spacial score (nSPS) is 12.8. The molecule has 0 radical (unpaired) electrons. The molecule has 0 spiro atoms. The third-order valence-electron chi connectivity index (χ3n) is 3.80. The summed E-state index contributed by atoms with van der Waals surface area (Å²) in [6, 6.07) is 5.31. The minimum absolute atomic E-state index is 0.0363. The van der Waals surface area contributed by atoms with Crippen LogP contribution in [-0.2, 0) is 56.7 Å². The van der Waals surface area contributed by atoms with Crippen LogP contribution < -0.4 is 0 Å². The Hall–Kier alpha value is -0.980. The Morgan fingerprint density at radius 3 is 1.78 bits per heavy atom. The van der Waals surface area contributed by atoms with Crippen molar-refractivity contribution in [3.63, 3.8) is 0 Å². The maximum absolute atomic E-state index is 13.2. The van der Waals surface area contributed by atoms with Crippen molar-refractivity contribution in [1.82, 2.24) is 0 Å². The summed E-state index contributed by atoms with van der Waals surface area (Å²) in [6.45, 7) is 0. The first kappa shape index (κ1) is 27.3. The highest BCUT2D eigenvalue weighted by Crippen LogP contribution is 2.33. The second-order valence-electron chi connectivity index (χ2n) is 6.17. The summed E-state index contributed by atoms with van der Waals surface area (Å²) < 4.78 is 94.1. The van der Waals surface area contributed by atoms with E-state index < -0.39 is 62.6 Å². The molecule has 178 valence electrons. The van der Waals surface area contributed by atoms with Crippen molar-refractivity contribution in [3.05, 3.63) is 57.1 Å². The number of halogens is 2. The van der Waals surface area contributed by atoms with Crippen LogP contribution in [0.15, 0.2) is 40.1 Å². The first-order valence-electron chi connectivity index (χ1n) is 7.99. The standard InChI is InChI=1S/C15H14Cl2O11S4/c16-14-2-1-12(3-9(14)6-29-28-27-18)32(25,26)13-4-10(7-30(19,20)21)15(17)11(5-13)8-31(22,23)24/h1-5,18H,6-8H2,(H,19,20,21)(H,22,23,24). The van der Waals surface area contributed by atoms with Crippen LogP contribution in [0.1, 0.15) is 16.7 Å². The molecule has 0 aliphatic rings. The zero-order valence-electron chi connectivity index (χ0n) is 15.5. The van der Waals surface area contributed by atoms with Crippen LogP contribution >= 0.6 is 35.2 Å². The number of hydrogen-bond acceptors (Lipinski definition) is 10. The van der Waals surface area contributed by atoms with Gasteiger partial charge in [-0.2, -0.15) is 16.8 Å². The van der Waals surface area contributed by atoms with Crippen molar-refractivity contribution >= 4 is 65.3 Å². The topological polar surface area (TPSA) is 182 Å². The Kier molecular flexibility index (Phi) is 8.96. The fourth-order valence-electron chi connectivity index (χ4n) is 2.55. The highest BCUT2D eigenvalue weighted by molar-refractivity contribution is 7.93. The molecule has 2 aromatic carbocycles. The summed E-state index contributed by atoms with van der Waals surface area (Å²) in [5, 5.41) is 11.3. The van der Waals surface area contributed by atoms with Gasteiger partial charge in [-0.25, -0.2) is 13.7 Å². The van der Waals surface area contributed by atoms with Gasteiger partial charge in [-0.1, -0.05) is 28.2 Å². The predicted octanol–water partition coefficient (Wildman–Crippen LogP) is 3.17. The molecule has 2 rings (SSSR count). The molecule has 0 amide bonds. The minimum atomic E-state index is -4.67. The average molecular weight is 569 g/mol. The summed E-state index contributed by atoms with van der Waals surface area (Å²) in [6.07, 6.45) is 0. The largest absolute Gasteiger partial charge is 0.285 e. The maximum Gasteiger partial charge on any atom is 0.269 e. The molecule has 0 aromatic heterocycles. The fourth-order valence-corrected chi connectivity index (χ4v) is 6.33. The summed E-state index contributed by atoms with van der Waals surface area (Å²) in [5.74, 6) is -2.24. The van der Waals surface area contributed by atoms with Crippen LogP contribution in [0.3, 0.4) is 0 Å². The molecule has 0 bridgehead atoms. The summed E-state index contributed by atoms with van der Waals surface area (Å²) in [5.41, 5.74) is -0.528. The first-order chi connectivity index (χ1) is 14.6. The van der Waals surface area contributed by atoms with E-state index in [0.29, 0.717) is 12.0 Å². The maximum atomic E-state index is 13.2. The smallest absolute Gasteiger partial charge is 0.269 e. The van der Waals surface area contributed by atoms with Gasteiger partial charge in [0, 0.05) is 27.8 Å². The van der Waals surface area contributed by atoms with Gasteiger partial charge in [0.1, 0.15) is 11.5 Å². The molecular weight excluding hydrogens is 555 g/mol. The van der Waals surface area contributed by atoms with E-state index in [2.05, 4.69) is 9.37 Å². The number of benzene rings is 2. The van der Waals surface area contributed by atoms with Gasteiger partial charge in [-0.15, -0.1) is 4.33 Å². The third-order valence-corrected chi connectivity index (χ3v) is 8.33. The van der Waals surface area contributed by atoms with Crippen LogP contribution in [0, 0.1) is 0 Å². The molecule has 17 heteroatoms. The van der Waals surface area contributed by atoms with Gasteiger partial charge in [0.05, 0.1) is 9.79 Å². The second-order valence-corrected chi connectivity index (χ2v) is 12.5. The van der Waals surface area contributed by atoms with Gasteiger partial charge in [-0.05, 0) is 47.0 Å². The molecule has 0 aliphatic heterocycles. The van der Waals surface area contributed by atoms with Crippen molar-refractivity contribution in [2.75, 3.05) is 0 Å². The van der Waals surface area contributed by atoms with Crippen LogP contribution in [0.25, 0.3) is 0 Å². The molecule has 2 aromatic rings. The van der Waals surface area contributed by atoms with Crippen molar-refractivity contribution in [1.29, 1.82) is 0 Å². The van der Waals surface area contributed by atoms with Crippen molar-refractivity contribution in [2.45, 2.75) is 27.0 Å². The van der Waals surface area contributed by atoms with Crippen molar-refractivity contribution in [3.8, 4) is 0 Å². The molecule has 0 saturated carbocycles. The van der Waals surface area contributed by atoms with Gasteiger partial charge in [0.25, 0.3) is 20.2 Å². The van der Waals surface area contributed by atoms with Crippen LogP contribution in [0.4, 0.5) is 0 Å². The average Bonchev–Trinajstić information content (AvgIpc) is 2.64. The quantitative estimate of drug-likeness (QED) is 0.125. The Balaban J connectivity index is 2.65. The molecule has 3 N–H and O–H groups in total. The van der Waals surface area contributed by atoms with E-state index >= 15 is 0 Å². The molecule has 0 saturated heterocycles. The van der Waals surface area contributed by atoms with Crippen molar-refractivity contribution < 1.29 is 49.0 Å². The van der Waals surface area contributed by atoms with Crippen LogP contribution in [0.5, 0.6) is 0 Å². The zero-order valence-corrected chi connectivity index (χ0v) is 20.3. The molecule has 0 fully saturated rings. The lowest BCUT2D eigenvalue weighted by Gasteiger charge is -2.13. The molecule has 0 unspecified atom stereocenters. The van der Waals surface area contributed by atoms with Gasteiger partial charge in [-0.3, -0.25) is 9.11 Å². The third kappa shape index (κ3) is 7.53. The lowest BCUT2D eigenvalue weighted by molar-refractivity contribution is -0.432. The zero-order chi connectivity index (χ0) is 24.3. The van der Waals surface area contributed by atoms with Gasteiger partial charge >= 0.3 is 0 Å². The lowest BCUT2D eigenvalue weighted by Crippen LogP contribution is -2.10. The van der Waals surface area contributed by atoms with Crippen molar-refractivity contribution in [2.24, 2.45) is 0 Å².